The highest BCUT2D eigenvalue weighted by Crippen LogP contribution is 2.23. The van der Waals surface area contributed by atoms with Crippen LogP contribution >= 0.6 is 11.6 Å². The molecule has 1 aliphatic rings. The standard InChI is InChI=1S/C12H13ClFNO3/c13-8-3-1-2-4-11(8)18-7-12(17)15-5-9(14)10(16)6-15/h1-4,9-10,16H,5-7H2/t9-,10-/m1/s1. The summed E-state index contributed by atoms with van der Waals surface area (Å²) in [4.78, 5) is 12.9. The van der Waals surface area contributed by atoms with Crippen LogP contribution in [0.1, 0.15) is 0 Å². The molecule has 1 N–H and O–H groups in total. The lowest BCUT2D eigenvalue weighted by molar-refractivity contribution is -0.132. The van der Waals surface area contributed by atoms with Crippen molar-refractivity contribution in [3.63, 3.8) is 0 Å². The third-order valence-electron chi connectivity index (χ3n) is 2.76. The van der Waals surface area contributed by atoms with Crippen molar-refractivity contribution in [3.05, 3.63) is 29.3 Å². The fourth-order valence-electron chi connectivity index (χ4n) is 1.74. The topological polar surface area (TPSA) is 49.8 Å². The molecular weight excluding hydrogens is 261 g/mol. The van der Waals surface area contributed by atoms with Gasteiger partial charge in [0.05, 0.1) is 11.6 Å². The first-order valence-corrected chi connectivity index (χ1v) is 5.93. The number of aliphatic hydroxyl groups is 1. The maximum absolute atomic E-state index is 13.0. The van der Waals surface area contributed by atoms with Gasteiger partial charge in [-0.25, -0.2) is 4.39 Å². The van der Waals surface area contributed by atoms with E-state index in [9.17, 15) is 14.3 Å². The van der Waals surface area contributed by atoms with Gasteiger partial charge >= 0.3 is 0 Å². The molecule has 0 spiro atoms. The van der Waals surface area contributed by atoms with E-state index in [1.165, 1.54) is 4.90 Å². The highest BCUT2D eigenvalue weighted by atomic mass is 35.5. The number of carbonyl (C=O) groups is 1. The van der Waals surface area contributed by atoms with Gasteiger partial charge in [0.1, 0.15) is 18.0 Å². The van der Waals surface area contributed by atoms with Crippen LogP contribution in [0.2, 0.25) is 5.02 Å². The summed E-state index contributed by atoms with van der Waals surface area (Å²) in [5, 5.41) is 9.63. The first kappa shape index (κ1) is 13.1. The predicted molar refractivity (Wildman–Crippen MR) is 64.4 cm³/mol. The number of halogens is 2. The number of alkyl halides is 1. The molecule has 0 aliphatic carbocycles. The van der Waals surface area contributed by atoms with E-state index in [1.807, 2.05) is 0 Å². The van der Waals surface area contributed by atoms with Crippen LogP contribution in [0.15, 0.2) is 24.3 Å². The zero-order chi connectivity index (χ0) is 13.1. The van der Waals surface area contributed by atoms with Crippen molar-refractivity contribution >= 4 is 17.5 Å². The molecule has 0 unspecified atom stereocenters. The zero-order valence-corrected chi connectivity index (χ0v) is 10.3. The second kappa shape index (κ2) is 5.54. The van der Waals surface area contributed by atoms with Crippen molar-refractivity contribution in [2.24, 2.45) is 0 Å². The minimum Gasteiger partial charge on any atom is -0.482 e. The molecule has 98 valence electrons. The summed E-state index contributed by atoms with van der Waals surface area (Å²) in [5.41, 5.74) is 0. The lowest BCUT2D eigenvalue weighted by Gasteiger charge is -2.15. The lowest BCUT2D eigenvalue weighted by atomic mass is 10.3. The lowest BCUT2D eigenvalue weighted by Crippen LogP contribution is -2.33. The minimum absolute atomic E-state index is 0.00584. The Kier molecular flexibility index (Phi) is 4.04. The normalized spacial score (nSPS) is 23.2. The second-order valence-electron chi connectivity index (χ2n) is 4.10. The van der Waals surface area contributed by atoms with Crippen LogP contribution in [0.3, 0.4) is 0 Å². The molecule has 18 heavy (non-hydrogen) atoms. The van der Waals surface area contributed by atoms with Gasteiger partial charge in [0.2, 0.25) is 0 Å². The molecule has 0 saturated carbocycles. The molecule has 1 saturated heterocycles. The van der Waals surface area contributed by atoms with E-state index in [2.05, 4.69) is 0 Å². The van der Waals surface area contributed by atoms with E-state index in [0.717, 1.165) is 0 Å². The average molecular weight is 274 g/mol. The van der Waals surface area contributed by atoms with Gasteiger partial charge in [-0.1, -0.05) is 23.7 Å². The first-order valence-electron chi connectivity index (χ1n) is 5.55. The van der Waals surface area contributed by atoms with Gasteiger partial charge in [-0.2, -0.15) is 0 Å². The maximum Gasteiger partial charge on any atom is 0.260 e. The number of aliphatic hydroxyl groups excluding tert-OH is 1. The molecule has 1 heterocycles. The quantitative estimate of drug-likeness (QED) is 0.902. The van der Waals surface area contributed by atoms with E-state index in [-0.39, 0.29) is 25.6 Å². The Morgan fingerprint density at radius 3 is 2.83 bits per heavy atom. The molecular formula is C12H13ClFNO3. The van der Waals surface area contributed by atoms with Crippen LogP contribution in [0.25, 0.3) is 0 Å². The highest BCUT2D eigenvalue weighted by molar-refractivity contribution is 6.32. The van der Waals surface area contributed by atoms with Crippen molar-refractivity contribution in [2.45, 2.75) is 12.3 Å². The maximum atomic E-state index is 13.0. The molecule has 2 atom stereocenters. The van der Waals surface area contributed by atoms with Crippen molar-refractivity contribution < 1.29 is 19.0 Å². The Bertz CT molecular complexity index is 433. The predicted octanol–water partition coefficient (Wildman–Crippen LogP) is 1.26. The summed E-state index contributed by atoms with van der Waals surface area (Å²) in [6.45, 7) is -0.305. The Balaban J connectivity index is 1.88. The van der Waals surface area contributed by atoms with Gasteiger partial charge in [0, 0.05) is 6.54 Å². The largest absolute Gasteiger partial charge is 0.482 e. The molecule has 0 aromatic heterocycles. The smallest absolute Gasteiger partial charge is 0.260 e. The number of benzene rings is 1. The highest BCUT2D eigenvalue weighted by Gasteiger charge is 2.33. The van der Waals surface area contributed by atoms with Crippen molar-refractivity contribution in [1.29, 1.82) is 0 Å². The number of ether oxygens (including phenoxy) is 1. The number of para-hydroxylation sites is 1. The van der Waals surface area contributed by atoms with Crippen LogP contribution in [0, 0.1) is 0 Å². The molecule has 1 aromatic rings. The number of nitrogens with zero attached hydrogens (tertiary/aromatic N) is 1. The van der Waals surface area contributed by atoms with Crippen molar-refractivity contribution in [1.82, 2.24) is 4.90 Å². The first-order chi connectivity index (χ1) is 8.58. The summed E-state index contributed by atoms with van der Waals surface area (Å²) >= 11 is 5.86. The molecule has 0 bridgehead atoms. The van der Waals surface area contributed by atoms with Gasteiger partial charge in [-0.15, -0.1) is 0 Å². The van der Waals surface area contributed by atoms with Gasteiger partial charge in [-0.05, 0) is 12.1 Å². The van der Waals surface area contributed by atoms with E-state index in [1.54, 1.807) is 24.3 Å². The fraction of sp³-hybridized carbons (Fsp3) is 0.417. The molecule has 2 rings (SSSR count). The van der Waals surface area contributed by atoms with Gasteiger partial charge < -0.3 is 14.7 Å². The SMILES string of the molecule is O=C(COc1ccccc1Cl)N1C[C@@H](O)[C@H](F)C1. The van der Waals surface area contributed by atoms with E-state index >= 15 is 0 Å². The third kappa shape index (κ3) is 2.91. The Morgan fingerprint density at radius 1 is 1.50 bits per heavy atom. The number of carbonyl (C=O) groups excluding carboxylic acids is 1. The van der Waals surface area contributed by atoms with E-state index in [4.69, 9.17) is 16.3 Å². The summed E-state index contributed by atoms with van der Waals surface area (Å²) in [6, 6.07) is 6.79. The molecule has 6 heteroatoms. The van der Waals surface area contributed by atoms with Crippen LogP contribution in [0.5, 0.6) is 5.75 Å². The number of β-amino-alcohol motifs (C(OH)–C–C–N with tert-alkyl or cyclic N) is 1. The summed E-state index contributed by atoms with van der Waals surface area (Å²) in [5.74, 6) is 0.0400. The number of likely N-dealkylation sites (tertiary alicyclic amines) is 1. The van der Waals surface area contributed by atoms with Crippen molar-refractivity contribution in [2.75, 3.05) is 19.7 Å². The molecule has 1 fully saturated rings. The second-order valence-corrected chi connectivity index (χ2v) is 4.51. The van der Waals surface area contributed by atoms with Crippen molar-refractivity contribution in [3.8, 4) is 5.75 Å². The third-order valence-corrected chi connectivity index (χ3v) is 3.07. The molecule has 1 aliphatic heterocycles. The van der Waals surface area contributed by atoms with Gasteiger partial charge in [0.25, 0.3) is 5.91 Å². The van der Waals surface area contributed by atoms with Crippen LogP contribution in [0.4, 0.5) is 4.39 Å². The monoisotopic (exact) mass is 273 g/mol. The molecule has 0 radical (unpaired) electrons. The zero-order valence-electron chi connectivity index (χ0n) is 9.55. The summed E-state index contributed by atoms with van der Waals surface area (Å²) < 4.78 is 18.3. The fourth-order valence-corrected chi connectivity index (χ4v) is 1.93. The molecule has 1 amide bonds. The number of rotatable bonds is 3. The Morgan fingerprint density at radius 2 is 2.22 bits per heavy atom. The van der Waals surface area contributed by atoms with Gasteiger partial charge in [-0.3, -0.25) is 4.79 Å². The van der Waals surface area contributed by atoms with Gasteiger partial charge in [0.15, 0.2) is 6.61 Å². The summed E-state index contributed by atoms with van der Waals surface area (Å²) in [7, 11) is 0. The molecule has 1 aromatic carbocycles. The van der Waals surface area contributed by atoms with Crippen LogP contribution in [-0.4, -0.2) is 47.9 Å². The Labute approximate surface area is 109 Å². The average Bonchev–Trinajstić information content (AvgIpc) is 2.68. The molecule has 4 nitrogen and oxygen atoms in total. The number of amides is 1. The van der Waals surface area contributed by atoms with Crippen LogP contribution < -0.4 is 4.74 Å². The summed E-state index contributed by atoms with van der Waals surface area (Å²) in [6.07, 6.45) is -2.48. The minimum atomic E-state index is -1.38. The van der Waals surface area contributed by atoms with E-state index in [0.29, 0.717) is 10.8 Å². The number of hydrogen-bond donors (Lipinski definition) is 1. The van der Waals surface area contributed by atoms with Crippen LogP contribution in [-0.2, 0) is 4.79 Å². The number of hydrogen-bond acceptors (Lipinski definition) is 3. The van der Waals surface area contributed by atoms with E-state index < -0.39 is 12.3 Å². The Hall–Kier alpha value is -1.33.